The second-order valence-electron chi connectivity index (χ2n) is 6.06. The fraction of sp³-hybridized carbons (Fsp3) is 0.562. The van der Waals surface area contributed by atoms with E-state index >= 15 is 0 Å². The lowest BCUT2D eigenvalue weighted by molar-refractivity contribution is 0.473. The normalized spacial score (nSPS) is 17.3. The van der Waals surface area contributed by atoms with Crippen molar-refractivity contribution in [3.63, 3.8) is 0 Å². The van der Waals surface area contributed by atoms with Gasteiger partial charge < -0.3 is 10.3 Å². The quantitative estimate of drug-likeness (QED) is 0.891. The molecule has 0 aliphatic heterocycles. The van der Waals surface area contributed by atoms with Crippen LogP contribution in [0, 0.1) is 5.92 Å². The maximum Gasteiger partial charge on any atom is 0.0960 e. The highest BCUT2D eigenvalue weighted by atomic mass is 15.1. The van der Waals surface area contributed by atoms with Crippen LogP contribution >= 0.6 is 0 Å². The SMILES string of the molecule is CC(C)C(CCN)c1ccc2c(c1)ncn2C1CC1. The third-order valence-corrected chi connectivity index (χ3v) is 4.25. The number of nitrogens with zero attached hydrogens (tertiary/aromatic N) is 2. The second kappa shape index (κ2) is 4.97. The van der Waals surface area contributed by atoms with Crippen LogP contribution < -0.4 is 5.73 Å². The minimum Gasteiger partial charge on any atom is -0.330 e. The summed E-state index contributed by atoms with van der Waals surface area (Å²) in [6.07, 6.45) is 5.65. The first kappa shape index (κ1) is 12.7. The Labute approximate surface area is 114 Å². The summed E-state index contributed by atoms with van der Waals surface area (Å²) in [5, 5.41) is 0. The fourth-order valence-corrected chi connectivity index (χ4v) is 2.99. The Bertz CT molecular complexity index is 566. The van der Waals surface area contributed by atoms with Gasteiger partial charge in [-0.1, -0.05) is 19.9 Å². The van der Waals surface area contributed by atoms with Crippen molar-refractivity contribution < 1.29 is 0 Å². The molecule has 1 unspecified atom stereocenters. The average molecular weight is 257 g/mol. The topological polar surface area (TPSA) is 43.8 Å². The molecular weight excluding hydrogens is 234 g/mol. The summed E-state index contributed by atoms with van der Waals surface area (Å²) < 4.78 is 2.33. The van der Waals surface area contributed by atoms with E-state index in [0.717, 1.165) is 18.5 Å². The Morgan fingerprint density at radius 3 is 2.79 bits per heavy atom. The van der Waals surface area contributed by atoms with Crippen molar-refractivity contribution in [1.82, 2.24) is 9.55 Å². The van der Waals surface area contributed by atoms with Crippen molar-refractivity contribution in [2.45, 2.75) is 45.1 Å². The van der Waals surface area contributed by atoms with Gasteiger partial charge in [0.1, 0.15) is 0 Å². The van der Waals surface area contributed by atoms with Crippen LogP contribution in [0.25, 0.3) is 11.0 Å². The van der Waals surface area contributed by atoms with Crippen LogP contribution in [-0.2, 0) is 0 Å². The smallest absolute Gasteiger partial charge is 0.0960 e. The Morgan fingerprint density at radius 2 is 2.16 bits per heavy atom. The van der Waals surface area contributed by atoms with Crippen LogP contribution in [0.5, 0.6) is 0 Å². The van der Waals surface area contributed by atoms with E-state index in [1.807, 2.05) is 6.33 Å². The summed E-state index contributed by atoms with van der Waals surface area (Å²) in [4.78, 5) is 4.57. The van der Waals surface area contributed by atoms with E-state index in [1.54, 1.807) is 0 Å². The van der Waals surface area contributed by atoms with Gasteiger partial charge in [0.2, 0.25) is 0 Å². The molecule has 1 aromatic heterocycles. The van der Waals surface area contributed by atoms with E-state index in [1.165, 1.54) is 23.9 Å². The molecular formula is C16H23N3. The van der Waals surface area contributed by atoms with Crippen LogP contribution in [0.15, 0.2) is 24.5 Å². The lowest BCUT2D eigenvalue weighted by Gasteiger charge is -2.20. The first-order valence-corrected chi connectivity index (χ1v) is 7.37. The van der Waals surface area contributed by atoms with Gasteiger partial charge in [0.05, 0.1) is 17.4 Å². The van der Waals surface area contributed by atoms with Gasteiger partial charge in [-0.25, -0.2) is 4.98 Å². The molecule has 1 aromatic carbocycles. The molecule has 1 heterocycles. The Balaban J connectivity index is 1.96. The number of hydrogen-bond donors (Lipinski definition) is 1. The monoisotopic (exact) mass is 257 g/mol. The van der Waals surface area contributed by atoms with Gasteiger partial charge in [-0.15, -0.1) is 0 Å². The summed E-state index contributed by atoms with van der Waals surface area (Å²) in [6.45, 7) is 5.29. The average Bonchev–Trinajstić information content (AvgIpc) is 3.15. The summed E-state index contributed by atoms with van der Waals surface area (Å²) >= 11 is 0. The molecule has 0 amide bonds. The molecule has 3 nitrogen and oxygen atoms in total. The largest absolute Gasteiger partial charge is 0.330 e. The molecule has 2 aromatic rings. The maximum atomic E-state index is 5.75. The Hall–Kier alpha value is -1.35. The van der Waals surface area contributed by atoms with Crippen molar-refractivity contribution >= 4 is 11.0 Å². The summed E-state index contributed by atoms with van der Waals surface area (Å²) in [5.74, 6) is 1.16. The highest BCUT2D eigenvalue weighted by Gasteiger charge is 2.25. The number of benzene rings is 1. The number of imidazole rings is 1. The van der Waals surface area contributed by atoms with Crippen molar-refractivity contribution in [1.29, 1.82) is 0 Å². The molecule has 0 saturated heterocycles. The summed E-state index contributed by atoms with van der Waals surface area (Å²) in [6, 6.07) is 7.46. The molecule has 19 heavy (non-hydrogen) atoms. The van der Waals surface area contributed by atoms with Gasteiger partial charge in [-0.05, 0) is 55.3 Å². The second-order valence-corrected chi connectivity index (χ2v) is 6.06. The Kier molecular flexibility index (Phi) is 3.31. The zero-order valence-corrected chi connectivity index (χ0v) is 11.8. The molecule has 1 fully saturated rings. The summed E-state index contributed by atoms with van der Waals surface area (Å²) in [7, 11) is 0. The number of aromatic nitrogens is 2. The lowest BCUT2D eigenvalue weighted by atomic mass is 9.85. The molecule has 1 atom stereocenters. The highest BCUT2D eigenvalue weighted by Crippen LogP contribution is 2.38. The van der Waals surface area contributed by atoms with Crippen LogP contribution in [0.4, 0.5) is 0 Å². The number of fused-ring (bicyclic) bond motifs is 1. The maximum absolute atomic E-state index is 5.75. The van der Waals surface area contributed by atoms with E-state index in [4.69, 9.17) is 5.73 Å². The Morgan fingerprint density at radius 1 is 1.37 bits per heavy atom. The van der Waals surface area contributed by atoms with Gasteiger partial charge >= 0.3 is 0 Å². The van der Waals surface area contributed by atoms with E-state index in [0.29, 0.717) is 17.9 Å². The van der Waals surface area contributed by atoms with Gasteiger partial charge in [0.25, 0.3) is 0 Å². The highest BCUT2D eigenvalue weighted by molar-refractivity contribution is 5.76. The van der Waals surface area contributed by atoms with Gasteiger partial charge in [-0.3, -0.25) is 0 Å². The molecule has 0 bridgehead atoms. The van der Waals surface area contributed by atoms with Crippen molar-refractivity contribution in [2.75, 3.05) is 6.54 Å². The minimum atomic E-state index is 0.542. The van der Waals surface area contributed by atoms with Gasteiger partial charge in [0.15, 0.2) is 0 Å². The standard InChI is InChI=1S/C16H23N3/c1-11(2)14(7-8-17)12-3-6-16-15(9-12)18-10-19(16)13-4-5-13/h3,6,9-11,13-14H,4-5,7-8,17H2,1-2H3. The van der Waals surface area contributed by atoms with Crippen molar-refractivity contribution in [2.24, 2.45) is 11.7 Å². The van der Waals surface area contributed by atoms with Crippen molar-refractivity contribution in [3.8, 4) is 0 Å². The summed E-state index contributed by atoms with van der Waals surface area (Å²) in [5.41, 5.74) is 9.54. The number of rotatable bonds is 5. The molecule has 2 N–H and O–H groups in total. The van der Waals surface area contributed by atoms with Crippen LogP contribution in [-0.4, -0.2) is 16.1 Å². The molecule has 1 aliphatic carbocycles. The van der Waals surface area contributed by atoms with Gasteiger partial charge in [-0.2, -0.15) is 0 Å². The third kappa shape index (κ3) is 2.39. The molecule has 3 heteroatoms. The number of nitrogens with two attached hydrogens (primary N) is 1. The van der Waals surface area contributed by atoms with Crippen LogP contribution in [0.2, 0.25) is 0 Å². The first-order chi connectivity index (χ1) is 9.20. The zero-order chi connectivity index (χ0) is 13.4. The molecule has 0 radical (unpaired) electrons. The zero-order valence-electron chi connectivity index (χ0n) is 11.8. The van der Waals surface area contributed by atoms with Crippen LogP contribution in [0.1, 0.15) is 50.6 Å². The minimum absolute atomic E-state index is 0.542. The van der Waals surface area contributed by atoms with E-state index in [-0.39, 0.29) is 0 Å². The van der Waals surface area contributed by atoms with E-state index in [2.05, 4.69) is 41.6 Å². The first-order valence-electron chi connectivity index (χ1n) is 7.37. The fourth-order valence-electron chi connectivity index (χ4n) is 2.99. The molecule has 1 saturated carbocycles. The molecule has 3 rings (SSSR count). The lowest BCUT2D eigenvalue weighted by Crippen LogP contribution is -2.12. The van der Waals surface area contributed by atoms with E-state index in [9.17, 15) is 0 Å². The molecule has 102 valence electrons. The van der Waals surface area contributed by atoms with Crippen molar-refractivity contribution in [3.05, 3.63) is 30.1 Å². The van der Waals surface area contributed by atoms with Crippen LogP contribution in [0.3, 0.4) is 0 Å². The molecule has 0 spiro atoms. The predicted octanol–water partition coefficient (Wildman–Crippen LogP) is 3.46. The third-order valence-electron chi connectivity index (χ3n) is 4.25. The number of hydrogen-bond acceptors (Lipinski definition) is 2. The predicted molar refractivity (Wildman–Crippen MR) is 79.3 cm³/mol. The molecule has 1 aliphatic rings. The van der Waals surface area contributed by atoms with E-state index < -0.39 is 0 Å². The van der Waals surface area contributed by atoms with Gasteiger partial charge in [0, 0.05) is 6.04 Å².